The third-order valence-corrected chi connectivity index (χ3v) is 6.57. The normalized spacial score (nSPS) is 14.1. The van der Waals surface area contributed by atoms with Crippen LogP contribution in [-0.4, -0.2) is 17.0 Å². The number of amides is 1. The van der Waals surface area contributed by atoms with Gasteiger partial charge in [0, 0.05) is 28.9 Å². The molecular formula is C31H40ClN3O2. The van der Waals surface area contributed by atoms with Gasteiger partial charge in [0.05, 0.1) is 0 Å². The summed E-state index contributed by atoms with van der Waals surface area (Å²) in [6.45, 7) is 14.3. The molecule has 0 aliphatic carbocycles. The largest absolute Gasteiger partial charge is 0.457 e. The summed E-state index contributed by atoms with van der Waals surface area (Å²) in [5, 5.41) is 5.42. The van der Waals surface area contributed by atoms with Gasteiger partial charge in [-0.2, -0.15) is 0 Å². The van der Waals surface area contributed by atoms with Crippen LogP contribution in [0.4, 0.5) is 0 Å². The van der Waals surface area contributed by atoms with E-state index in [0.717, 1.165) is 17.7 Å². The average Bonchev–Trinajstić information content (AvgIpc) is 2.89. The van der Waals surface area contributed by atoms with Gasteiger partial charge in [-0.15, -0.1) is 0 Å². The number of carbonyl (C=O) groups is 1. The van der Waals surface area contributed by atoms with Crippen molar-refractivity contribution in [2.45, 2.75) is 60.0 Å². The zero-order valence-corrected chi connectivity index (χ0v) is 23.4. The Labute approximate surface area is 227 Å². The minimum Gasteiger partial charge on any atom is -0.457 e. The molecule has 0 spiro atoms. The maximum absolute atomic E-state index is 13.0. The summed E-state index contributed by atoms with van der Waals surface area (Å²) < 4.78 is 5.90. The Hall–Kier alpha value is -3.28. The number of nitrogens with zero attached hydrogens (tertiary/aromatic N) is 1. The van der Waals surface area contributed by atoms with Crippen LogP contribution in [-0.2, 0) is 11.3 Å². The molecule has 0 fully saturated rings. The van der Waals surface area contributed by atoms with Crippen LogP contribution < -0.4 is 15.9 Å². The second kappa shape index (κ2) is 15.1. The van der Waals surface area contributed by atoms with Crippen LogP contribution in [0.15, 0.2) is 96.3 Å². The Morgan fingerprint density at radius 2 is 1.89 bits per heavy atom. The number of nitrogens with one attached hydrogen (secondary N) is 1. The number of hydrogen-bond donors (Lipinski definition) is 2. The number of halogens is 1. The molecule has 2 atom stereocenters. The molecule has 0 bridgehead atoms. The van der Waals surface area contributed by atoms with Crippen LogP contribution in [0.5, 0.6) is 11.5 Å². The molecule has 2 aromatic carbocycles. The first kappa shape index (κ1) is 29.9. The van der Waals surface area contributed by atoms with Crippen molar-refractivity contribution >= 4 is 17.5 Å². The van der Waals surface area contributed by atoms with Crippen LogP contribution in [0.3, 0.4) is 0 Å². The minimum absolute atomic E-state index is 0.0569. The summed E-state index contributed by atoms with van der Waals surface area (Å²) in [6.07, 6.45) is 9.43. The quantitative estimate of drug-likeness (QED) is 0.122. The van der Waals surface area contributed by atoms with E-state index in [2.05, 4.69) is 37.9 Å². The molecule has 0 heterocycles. The number of carbonyl (C=O) groups excluding carboxylic acids is 1. The predicted molar refractivity (Wildman–Crippen MR) is 155 cm³/mol. The van der Waals surface area contributed by atoms with Crippen LogP contribution in [0.2, 0.25) is 5.02 Å². The number of hydrogen-bond acceptors (Lipinski definition) is 4. The third kappa shape index (κ3) is 9.27. The first-order valence-electron chi connectivity index (χ1n) is 12.7. The van der Waals surface area contributed by atoms with Crippen molar-refractivity contribution in [3.05, 3.63) is 107 Å². The summed E-state index contributed by atoms with van der Waals surface area (Å²) in [4.78, 5) is 13.0. The lowest BCUT2D eigenvalue weighted by molar-refractivity contribution is -0.117. The zero-order valence-electron chi connectivity index (χ0n) is 22.6. The number of ether oxygens (including phenoxy) is 1. The molecule has 198 valence electrons. The fourth-order valence-electron chi connectivity index (χ4n) is 4.20. The van der Waals surface area contributed by atoms with Crippen molar-refractivity contribution < 1.29 is 9.53 Å². The van der Waals surface area contributed by atoms with E-state index in [1.807, 2.05) is 63.2 Å². The van der Waals surface area contributed by atoms with Gasteiger partial charge in [-0.1, -0.05) is 68.5 Å². The zero-order chi connectivity index (χ0) is 27.4. The molecular weight excluding hydrogens is 482 g/mol. The first-order chi connectivity index (χ1) is 17.7. The molecule has 0 radical (unpaired) electrons. The SMILES string of the molecule is C=C/C=C\C(=C/C)C(C)CC(C)N(N)/C(CC)=C(\C)C(=O)NCc1cccc(Oc2ccc(Cl)cc2)c1. The number of hydrazine groups is 1. The summed E-state index contributed by atoms with van der Waals surface area (Å²) in [5.41, 5.74) is 3.62. The van der Waals surface area contributed by atoms with E-state index >= 15 is 0 Å². The standard InChI is InChI=1S/C31H40ClN3O2/c1-7-10-13-26(8-2)22(4)19-23(5)35(33)30(9-3)24(6)31(36)34-21-25-12-11-14-29(20-25)37-28-17-15-27(32)16-18-28/h7-8,10-18,20,22-23H,1,9,19,21,33H2,2-6H3,(H,34,36)/b13-10-,26-8+,30-24+. The molecule has 6 heteroatoms. The highest BCUT2D eigenvalue weighted by atomic mass is 35.5. The van der Waals surface area contributed by atoms with Gasteiger partial charge >= 0.3 is 0 Å². The van der Waals surface area contributed by atoms with Crippen LogP contribution in [0.1, 0.15) is 53.0 Å². The van der Waals surface area contributed by atoms with Crippen LogP contribution in [0.25, 0.3) is 0 Å². The Bertz CT molecular complexity index is 1140. The molecule has 2 unspecified atom stereocenters. The lowest BCUT2D eigenvalue weighted by atomic mass is 9.93. The molecule has 2 aromatic rings. The van der Waals surface area contributed by atoms with Crippen molar-refractivity contribution in [2.75, 3.05) is 0 Å². The van der Waals surface area contributed by atoms with E-state index in [1.54, 1.807) is 23.2 Å². The lowest BCUT2D eigenvalue weighted by Gasteiger charge is -2.31. The topological polar surface area (TPSA) is 67.6 Å². The van der Waals surface area contributed by atoms with Gasteiger partial charge in [-0.3, -0.25) is 4.79 Å². The second-order valence-corrected chi connectivity index (χ2v) is 9.52. The van der Waals surface area contributed by atoms with Crippen molar-refractivity contribution in [3.63, 3.8) is 0 Å². The van der Waals surface area contributed by atoms with Gasteiger partial charge in [0.1, 0.15) is 11.5 Å². The molecule has 0 aliphatic heterocycles. The predicted octanol–water partition coefficient (Wildman–Crippen LogP) is 7.71. The van der Waals surface area contributed by atoms with E-state index in [4.69, 9.17) is 22.2 Å². The molecule has 1 amide bonds. The molecule has 37 heavy (non-hydrogen) atoms. The van der Waals surface area contributed by atoms with Gasteiger partial charge in [0.2, 0.25) is 5.91 Å². The minimum atomic E-state index is -0.139. The fraction of sp³-hybridized carbons (Fsp3) is 0.323. The van der Waals surface area contributed by atoms with E-state index in [-0.39, 0.29) is 11.9 Å². The van der Waals surface area contributed by atoms with E-state index in [0.29, 0.717) is 41.0 Å². The maximum Gasteiger partial charge on any atom is 0.248 e. The van der Waals surface area contributed by atoms with Crippen molar-refractivity contribution in [1.82, 2.24) is 10.3 Å². The van der Waals surface area contributed by atoms with Crippen molar-refractivity contribution in [3.8, 4) is 11.5 Å². The second-order valence-electron chi connectivity index (χ2n) is 9.09. The Kier molecular flexibility index (Phi) is 12.2. The van der Waals surface area contributed by atoms with Gasteiger partial charge in [0.25, 0.3) is 0 Å². The monoisotopic (exact) mass is 521 g/mol. The highest BCUT2D eigenvalue weighted by molar-refractivity contribution is 6.30. The number of rotatable bonds is 13. The summed E-state index contributed by atoms with van der Waals surface area (Å²) >= 11 is 5.94. The number of nitrogens with two attached hydrogens (primary N) is 1. The van der Waals surface area contributed by atoms with Gasteiger partial charge in [0.15, 0.2) is 0 Å². The summed E-state index contributed by atoms with van der Waals surface area (Å²) in [5.74, 6) is 8.09. The molecule has 3 N–H and O–H groups in total. The smallest absolute Gasteiger partial charge is 0.248 e. The highest BCUT2D eigenvalue weighted by Crippen LogP contribution is 2.25. The van der Waals surface area contributed by atoms with Crippen LogP contribution >= 0.6 is 11.6 Å². The molecule has 0 aliphatic rings. The maximum atomic E-state index is 13.0. The van der Waals surface area contributed by atoms with Gasteiger partial charge in [-0.05, 0) is 87.1 Å². The lowest BCUT2D eigenvalue weighted by Crippen LogP contribution is -2.41. The molecule has 2 rings (SSSR count). The molecule has 0 aromatic heterocycles. The van der Waals surface area contributed by atoms with Crippen LogP contribution in [0, 0.1) is 5.92 Å². The number of benzene rings is 2. The van der Waals surface area contributed by atoms with Crippen molar-refractivity contribution in [1.29, 1.82) is 0 Å². The van der Waals surface area contributed by atoms with E-state index < -0.39 is 0 Å². The Balaban J connectivity index is 2.04. The van der Waals surface area contributed by atoms with Crippen molar-refractivity contribution in [2.24, 2.45) is 11.8 Å². The van der Waals surface area contributed by atoms with E-state index in [9.17, 15) is 4.79 Å². The number of allylic oxidation sites excluding steroid dienone is 6. The van der Waals surface area contributed by atoms with Gasteiger partial charge in [-0.25, -0.2) is 5.84 Å². The van der Waals surface area contributed by atoms with E-state index in [1.165, 1.54) is 5.57 Å². The third-order valence-electron chi connectivity index (χ3n) is 6.32. The molecule has 0 saturated carbocycles. The summed E-state index contributed by atoms with van der Waals surface area (Å²) in [7, 11) is 0. The highest BCUT2D eigenvalue weighted by Gasteiger charge is 2.20. The Morgan fingerprint density at radius 1 is 1.19 bits per heavy atom. The van der Waals surface area contributed by atoms with Gasteiger partial charge < -0.3 is 15.1 Å². The molecule has 0 saturated heterocycles. The Morgan fingerprint density at radius 3 is 2.51 bits per heavy atom. The fourth-order valence-corrected chi connectivity index (χ4v) is 4.32. The molecule has 5 nitrogen and oxygen atoms in total. The first-order valence-corrected chi connectivity index (χ1v) is 13.1. The summed E-state index contributed by atoms with van der Waals surface area (Å²) in [6, 6.07) is 14.9. The average molecular weight is 522 g/mol.